The highest BCUT2D eigenvalue weighted by atomic mass is 16.2. The monoisotopic (exact) mass is 371 g/mol. The van der Waals surface area contributed by atoms with E-state index in [0.717, 1.165) is 32.5 Å². The van der Waals surface area contributed by atoms with Crippen molar-refractivity contribution in [3.05, 3.63) is 35.9 Å². The van der Waals surface area contributed by atoms with Gasteiger partial charge in [0, 0.05) is 37.5 Å². The number of likely N-dealkylation sites (tertiary alicyclic amines) is 2. The summed E-state index contributed by atoms with van der Waals surface area (Å²) in [6.07, 6.45) is 1.76. The Balaban J connectivity index is 1.68. The van der Waals surface area contributed by atoms with Gasteiger partial charge in [0.2, 0.25) is 11.8 Å². The summed E-state index contributed by atoms with van der Waals surface area (Å²) >= 11 is 0. The average Bonchev–Trinajstić information content (AvgIpc) is 3.11. The van der Waals surface area contributed by atoms with Gasteiger partial charge in [0.1, 0.15) is 0 Å². The van der Waals surface area contributed by atoms with Crippen molar-refractivity contribution in [1.29, 1.82) is 0 Å². The van der Waals surface area contributed by atoms with Gasteiger partial charge in [0.15, 0.2) is 0 Å². The van der Waals surface area contributed by atoms with Crippen molar-refractivity contribution in [2.45, 2.75) is 39.5 Å². The maximum absolute atomic E-state index is 13.2. The Hall–Kier alpha value is -1.88. The van der Waals surface area contributed by atoms with Crippen molar-refractivity contribution in [2.24, 2.45) is 23.0 Å². The van der Waals surface area contributed by atoms with Gasteiger partial charge < -0.3 is 15.5 Å². The first-order chi connectivity index (χ1) is 12.8. The van der Waals surface area contributed by atoms with Gasteiger partial charge in [0.05, 0.1) is 5.92 Å². The Morgan fingerprint density at radius 1 is 1.07 bits per heavy atom. The smallest absolute Gasteiger partial charge is 0.227 e. The van der Waals surface area contributed by atoms with Gasteiger partial charge in [-0.25, -0.2) is 0 Å². The first-order valence-corrected chi connectivity index (χ1v) is 10.1. The third-order valence-corrected chi connectivity index (χ3v) is 5.98. The minimum Gasteiger partial charge on any atom is -0.341 e. The molecule has 148 valence electrons. The van der Waals surface area contributed by atoms with E-state index in [-0.39, 0.29) is 17.7 Å². The third-order valence-electron chi connectivity index (χ3n) is 5.98. The minimum absolute atomic E-state index is 0.0852. The SMILES string of the molecule is CC(C)(C)C(=O)N1CCCC(C(=O)N2C[C@@H](CN)[C@H](c3ccccc3)C2)C1. The fraction of sp³-hybridized carbons (Fsp3) is 0.636. The number of piperidine rings is 1. The van der Waals surface area contributed by atoms with Gasteiger partial charge in [-0.1, -0.05) is 51.1 Å². The van der Waals surface area contributed by atoms with Crippen LogP contribution in [0.2, 0.25) is 0 Å². The zero-order chi connectivity index (χ0) is 19.6. The molecule has 2 saturated heterocycles. The largest absolute Gasteiger partial charge is 0.341 e. The predicted molar refractivity (Wildman–Crippen MR) is 107 cm³/mol. The first-order valence-electron chi connectivity index (χ1n) is 10.1. The molecule has 5 nitrogen and oxygen atoms in total. The van der Waals surface area contributed by atoms with E-state index in [4.69, 9.17) is 5.73 Å². The molecule has 1 unspecified atom stereocenters. The second-order valence-electron chi connectivity index (χ2n) is 9.10. The highest BCUT2D eigenvalue weighted by Gasteiger charge is 2.40. The van der Waals surface area contributed by atoms with Crippen LogP contribution in [0.15, 0.2) is 30.3 Å². The fourth-order valence-electron chi connectivity index (χ4n) is 4.46. The molecule has 27 heavy (non-hydrogen) atoms. The predicted octanol–water partition coefficient (Wildman–Crippen LogP) is 2.47. The lowest BCUT2D eigenvalue weighted by Gasteiger charge is -2.37. The summed E-state index contributed by atoms with van der Waals surface area (Å²) in [6.45, 7) is 9.18. The number of hydrogen-bond acceptors (Lipinski definition) is 3. The quantitative estimate of drug-likeness (QED) is 0.888. The fourth-order valence-corrected chi connectivity index (χ4v) is 4.46. The van der Waals surface area contributed by atoms with E-state index < -0.39 is 5.41 Å². The molecule has 2 fully saturated rings. The van der Waals surface area contributed by atoms with Gasteiger partial charge >= 0.3 is 0 Å². The second kappa shape index (κ2) is 8.01. The van der Waals surface area contributed by atoms with Crippen molar-refractivity contribution >= 4 is 11.8 Å². The van der Waals surface area contributed by atoms with Gasteiger partial charge in [-0.15, -0.1) is 0 Å². The lowest BCUT2D eigenvalue weighted by atomic mass is 9.89. The van der Waals surface area contributed by atoms with Crippen molar-refractivity contribution in [1.82, 2.24) is 9.80 Å². The third kappa shape index (κ3) is 4.34. The number of carbonyl (C=O) groups excluding carboxylic acids is 2. The van der Waals surface area contributed by atoms with Crippen LogP contribution in [0.3, 0.4) is 0 Å². The van der Waals surface area contributed by atoms with Crippen LogP contribution in [0, 0.1) is 17.3 Å². The van der Waals surface area contributed by atoms with Crippen molar-refractivity contribution in [3.63, 3.8) is 0 Å². The topological polar surface area (TPSA) is 66.6 Å². The standard InChI is InChI=1S/C22H33N3O2/c1-22(2,3)21(27)24-11-7-10-17(13-24)20(26)25-14-18(12-23)19(15-25)16-8-5-4-6-9-16/h4-6,8-9,17-19H,7,10-15,23H2,1-3H3/t17?,18-,19+/m1/s1. The molecule has 0 bridgehead atoms. The Morgan fingerprint density at radius 2 is 1.78 bits per heavy atom. The number of amides is 2. The number of rotatable bonds is 3. The van der Waals surface area contributed by atoms with Crippen LogP contribution in [0.25, 0.3) is 0 Å². The summed E-state index contributed by atoms with van der Waals surface area (Å²) in [6, 6.07) is 10.4. The molecule has 0 saturated carbocycles. The molecule has 0 aromatic heterocycles. The average molecular weight is 372 g/mol. The van der Waals surface area contributed by atoms with Gasteiger partial charge in [-0.2, -0.15) is 0 Å². The highest BCUT2D eigenvalue weighted by Crippen LogP contribution is 2.34. The Kier molecular flexibility index (Phi) is 5.89. The molecule has 2 heterocycles. The minimum atomic E-state index is -0.401. The van der Waals surface area contributed by atoms with Crippen LogP contribution in [0.4, 0.5) is 0 Å². The Morgan fingerprint density at radius 3 is 2.41 bits per heavy atom. The lowest BCUT2D eigenvalue weighted by Crippen LogP contribution is -2.49. The van der Waals surface area contributed by atoms with E-state index in [1.54, 1.807) is 0 Å². The van der Waals surface area contributed by atoms with Gasteiger partial charge in [-0.3, -0.25) is 9.59 Å². The zero-order valence-corrected chi connectivity index (χ0v) is 16.9. The summed E-state index contributed by atoms with van der Waals surface area (Å²) < 4.78 is 0. The van der Waals surface area contributed by atoms with E-state index in [2.05, 4.69) is 12.1 Å². The molecule has 3 rings (SSSR count). The van der Waals surface area contributed by atoms with Crippen LogP contribution in [-0.4, -0.2) is 54.3 Å². The molecule has 1 aromatic rings. The van der Waals surface area contributed by atoms with Crippen LogP contribution in [0.1, 0.15) is 45.1 Å². The maximum atomic E-state index is 13.2. The number of hydrogen-bond donors (Lipinski definition) is 1. The molecular formula is C22H33N3O2. The van der Waals surface area contributed by atoms with Crippen molar-refractivity contribution in [2.75, 3.05) is 32.7 Å². The molecule has 0 radical (unpaired) electrons. The second-order valence-corrected chi connectivity index (χ2v) is 9.10. The molecule has 0 spiro atoms. The van der Waals surface area contributed by atoms with Crippen molar-refractivity contribution in [3.8, 4) is 0 Å². The van der Waals surface area contributed by atoms with Crippen LogP contribution in [0.5, 0.6) is 0 Å². The molecule has 0 aliphatic carbocycles. The van der Waals surface area contributed by atoms with Crippen LogP contribution < -0.4 is 5.73 Å². The van der Waals surface area contributed by atoms with E-state index in [1.165, 1.54) is 5.56 Å². The molecule has 5 heteroatoms. The first kappa shape index (κ1) is 19.9. The van der Waals surface area contributed by atoms with E-state index in [0.29, 0.717) is 24.9 Å². The number of benzene rings is 1. The Labute approximate surface area is 162 Å². The molecule has 2 aliphatic rings. The summed E-state index contributed by atoms with van der Waals surface area (Å²) in [7, 11) is 0. The molecular weight excluding hydrogens is 338 g/mol. The number of nitrogens with two attached hydrogens (primary N) is 1. The van der Waals surface area contributed by atoms with E-state index in [9.17, 15) is 9.59 Å². The lowest BCUT2D eigenvalue weighted by molar-refractivity contribution is -0.145. The Bertz CT molecular complexity index is 668. The van der Waals surface area contributed by atoms with E-state index >= 15 is 0 Å². The normalized spacial score (nSPS) is 26.3. The van der Waals surface area contributed by atoms with Crippen LogP contribution >= 0.6 is 0 Å². The summed E-state index contributed by atoms with van der Waals surface area (Å²) in [5, 5.41) is 0. The molecule has 2 amide bonds. The van der Waals surface area contributed by atoms with Gasteiger partial charge in [0.25, 0.3) is 0 Å². The van der Waals surface area contributed by atoms with Gasteiger partial charge in [-0.05, 0) is 30.9 Å². The summed E-state index contributed by atoms with van der Waals surface area (Å²) in [4.78, 5) is 29.7. The summed E-state index contributed by atoms with van der Waals surface area (Å²) in [5.41, 5.74) is 6.88. The zero-order valence-electron chi connectivity index (χ0n) is 16.9. The van der Waals surface area contributed by atoms with E-state index in [1.807, 2.05) is 48.8 Å². The highest BCUT2D eigenvalue weighted by molar-refractivity contribution is 5.84. The molecule has 2 N–H and O–H groups in total. The molecule has 1 aromatic carbocycles. The number of nitrogens with zero attached hydrogens (tertiary/aromatic N) is 2. The maximum Gasteiger partial charge on any atom is 0.227 e. The molecule has 3 atom stereocenters. The molecule has 2 aliphatic heterocycles. The number of carbonyl (C=O) groups is 2. The van der Waals surface area contributed by atoms with Crippen LogP contribution in [-0.2, 0) is 9.59 Å². The van der Waals surface area contributed by atoms with Crippen molar-refractivity contribution < 1.29 is 9.59 Å². The summed E-state index contributed by atoms with van der Waals surface area (Å²) in [5.74, 6) is 0.850.